The van der Waals surface area contributed by atoms with Crippen LogP contribution in [0.3, 0.4) is 0 Å². The zero-order chi connectivity index (χ0) is 20.4. The zero-order valence-corrected chi connectivity index (χ0v) is 16.7. The molecule has 0 aliphatic carbocycles. The van der Waals surface area contributed by atoms with Gasteiger partial charge in [-0.2, -0.15) is 0 Å². The summed E-state index contributed by atoms with van der Waals surface area (Å²) in [6.07, 6.45) is 4.86. The first-order valence-electron chi connectivity index (χ1n) is 9.68. The number of fused-ring (bicyclic) bond motifs is 2. The van der Waals surface area contributed by atoms with E-state index in [2.05, 4.69) is 14.5 Å². The van der Waals surface area contributed by atoms with Crippen LogP contribution >= 0.6 is 11.6 Å². The number of aryl methyl sites for hydroxylation is 1. The van der Waals surface area contributed by atoms with Crippen LogP contribution in [0.15, 0.2) is 35.0 Å². The Morgan fingerprint density at radius 1 is 1.34 bits per heavy atom. The number of nitrogens with zero attached hydrogens (tertiary/aromatic N) is 5. The van der Waals surface area contributed by atoms with Gasteiger partial charge in [-0.25, -0.2) is 4.98 Å². The fourth-order valence-electron chi connectivity index (χ4n) is 4.05. The van der Waals surface area contributed by atoms with Crippen molar-refractivity contribution in [1.82, 2.24) is 19.4 Å². The van der Waals surface area contributed by atoms with Gasteiger partial charge >= 0.3 is 5.97 Å². The lowest BCUT2D eigenvalue weighted by Crippen LogP contribution is -2.34. The van der Waals surface area contributed by atoms with Gasteiger partial charge in [-0.15, -0.1) is 0 Å². The Balaban J connectivity index is 1.62. The van der Waals surface area contributed by atoms with Crippen molar-refractivity contribution >= 4 is 34.8 Å². The summed E-state index contributed by atoms with van der Waals surface area (Å²) in [6.45, 7) is 1.94. The van der Waals surface area contributed by atoms with Crippen LogP contribution in [0, 0.1) is 0 Å². The first-order valence-corrected chi connectivity index (χ1v) is 10.1. The molecule has 2 aliphatic rings. The number of halogens is 2. The molecule has 1 aromatic carbocycles. The predicted octanol–water partition coefficient (Wildman–Crippen LogP) is 2.94. The summed E-state index contributed by atoms with van der Waals surface area (Å²) in [4.78, 5) is 24.5. The minimum absolute atomic E-state index is 0.0297. The van der Waals surface area contributed by atoms with Gasteiger partial charge < -0.3 is 14.6 Å². The summed E-state index contributed by atoms with van der Waals surface area (Å²) in [5, 5.41) is 9.87. The average molecular weight is 420 g/mol. The highest BCUT2D eigenvalue weighted by Gasteiger charge is 2.37. The van der Waals surface area contributed by atoms with E-state index in [1.807, 2.05) is 29.2 Å². The molecule has 0 radical (unpaired) electrons. The molecule has 29 heavy (non-hydrogen) atoms. The number of carboxylic acids is 1. The molecule has 2 aliphatic heterocycles. The summed E-state index contributed by atoms with van der Waals surface area (Å²) >= 11 is 6.14. The molecule has 1 saturated heterocycles. The Kier molecular flexibility index (Phi) is 5.82. The summed E-state index contributed by atoms with van der Waals surface area (Å²) in [5.74, 6) is 0.00863. The van der Waals surface area contributed by atoms with Crippen molar-refractivity contribution in [3.63, 3.8) is 0 Å². The topological polar surface area (TPSA) is 74.0 Å². The molecule has 0 spiro atoms. The molecule has 1 unspecified atom stereocenters. The molecule has 154 valence electrons. The second-order valence-corrected chi connectivity index (χ2v) is 7.75. The van der Waals surface area contributed by atoms with Crippen LogP contribution in [0.25, 0.3) is 11.0 Å². The van der Waals surface area contributed by atoms with E-state index in [1.165, 1.54) is 0 Å². The van der Waals surface area contributed by atoms with E-state index in [9.17, 15) is 14.3 Å². The number of allylic oxidation sites excluding steroid dienone is 1. The van der Waals surface area contributed by atoms with Gasteiger partial charge in [0.05, 0.1) is 43.5 Å². The quantitative estimate of drug-likeness (QED) is 0.666. The fourth-order valence-corrected chi connectivity index (χ4v) is 4.21. The van der Waals surface area contributed by atoms with Gasteiger partial charge in [0.15, 0.2) is 0 Å². The van der Waals surface area contributed by atoms with Crippen LogP contribution < -0.4 is 0 Å². The fraction of sp³-hybridized carbons (Fsp3) is 0.450. The standard InChI is InChI=1S/C20H23ClFN5O2/c21-14-3-4-16-15(9-14)24-19(27(16)8-2-1-6-22)11-25-13-26(12-20(28)29)17-5-7-23-10-18(17)25/h3-5,7,9,18H,1-2,6,8,10-13H2,(H,28,29). The van der Waals surface area contributed by atoms with Gasteiger partial charge in [0.2, 0.25) is 0 Å². The number of benzene rings is 1. The summed E-state index contributed by atoms with van der Waals surface area (Å²) in [5.41, 5.74) is 2.76. The van der Waals surface area contributed by atoms with Crippen molar-refractivity contribution in [1.29, 1.82) is 0 Å². The second-order valence-electron chi connectivity index (χ2n) is 7.31. The van der Waals surface area contributed by atoms with E-state index in [1.54, 1.807) is 6.21 Å². The second kappa shape index (κ2) is 8.51. The highest BCUT2D eigenvalue weighted by atomic mass is 35.5. The maximum atomic E-state index is 12.6. The molecule has 7 nitrogen and oxygen atoms in total. The van der Waals surface area contributed by atoms with Crippen molar-refractivity contribution in [2.45, 2.75) is 32.0 Å². The molecule has 9 heteroatoms. The van der Waals surface area contributed by atoms with E-state index in [4.69, 9.17) is 16.6 Å². The van der Waals surface area contributed by atoms with Gasteiger partial charge in [-0.05, 0) is 37.1 Å². The number of hydrogen-bond donors (Lipinski definition) is 1. The summed E-state index contributed by atoms with van der Waals surface area (Å²) in [6, 6.07) is 5.65. The average Bonchev–Trinajstić information content (AvgIpc) is 3.20. The first-order chi connectivity index (χ1) is 14.1. The van der Waals surface area contributed by atoms with Crippen LogP contribution in [-0.4, -0.2) is 69.1 Å². The number of carbonyl (C=O) groups is 1. The lowest BCUT2D eigenvalue weighted by Gasteiger charge is -2.23. The minimum atomic E-state index is -0.859. The van der Waals surface area contributed by atoms with Gasteiger partial charge in [0, 0.05) is 23.5 Å². The number of hydrogen-bond acceptors (Lipinski definition) is 5. The number of carboxylic acid groups (broad SMARTS) is 1. The van der Waals surface area contributed by atoms with Gasteiger partial charge in [0.25, 0.3) is 0 Å². The van der Waals surface area contributed by atoms with Crippen molar-refractivity contribution in [2.24, 2.45) is 4.99 Å². The third-order valence-electron chi connectivity index (χ3n) is 5.35. The largest absolute Gasteiger partial charge is 0.480 e. The number of alkyl halides is 1. The Morgan fingerprint density at radius 3 is 3.00 bits per heavy atom. The Labute approximate surface area is 173 Å². The van der Waals surface area contributed by atoms with Crippen molar-refractivity contribution in [3.05, 3.63) is 40.8 Å². The van der Waals surface area contributed by atoms with Crippen molar-refractivity contribution < 1.29 is 14.3 Å². The van der Waals surface area contributed by atoms with E-state index >= 15 is 0 Å². The van der Waals surface area contributed by atoms with Crippen LogP contribution in [0.4, 0.5) is 4.39 Å². The molecule has 0 bridgehead atoms. The molecule has 1 atom stereocenters. The Hall–Kier alpha value is -2.45. The van der Waals surface area contributed by atoms with Crippen molar-refractivity contribution in [2.75, 3.05) is 26.4 Å². The molecular weight excluding hydrogens is 397 g/mol. The zero-order valence-electron chi connectivity index (χ0n) is 16.0. The summed E-state index contributed by atoms with van der Waals surface area (Å²) in [7, 11) is 0. The normalized spacial score (nSPS) is 19.0. The number of aromatic nitrogens is 2. The van der Waals surface area contributed by atoms with E-state index in [0.29, 0.717) is 37.7 Å². The molecule has 1 N–H and O–H groups in total. The molecule has 4 rings (SSSR count). The molecule has 0 saturated carbocycles. The van der Waals surface area contributed by atoms with Gasteiger partial charge in [-0.1, -0.05) is 11.6 Å². The summed E-state index contributed by atoms with van der Waals surface area (Å²) < 4.78 is 14.7. The van der Waals surface area contributed by atoms with E-state index < -0.39 is 5.97 Å². The van der Waals surface area contributed by atoms with E-state index in [-0.39, 0.29) is 19.3 Å². The Bertz CT molecular complexity index is 973. The molecule has 1 fully saturated rings. The number of aliphatic carboxylic acids is 1. The number of unbranched alkanes of at least 4 members (excludes halogenated alkanes) is 1. The number of imidazole rings is 1. The van der Waals surface area contributed by atoms with Crippen LogP contribution in [0.1, 0.15) is 18.7 Å². The van der Waals surface area contributed by atoms with Crippen LogP contribution in [-0.2, 0) is 17.9 Å². The Morgan fingerprint density at radius 2 is 2.21 bits per heavy atom. The van der Waals surface area contributed by atoms with Gasteiger partial charge in [0.1, 0.15) is 12.4 Å². The number of aliphatic imine (C=N–C) groups is 1. The molecule has 0 amide bonds. The lowest BCUT2D eigenvalue weighted by molar-refractivity contribution is -0.137. The maximum Gasteiger partial charge on any atom is 0.323 e. The molecular formula is C20H23ClFN5O2. The first kappa shape index (κ1) is 19.8. The van der Waals surface area contributed by atoms with Crippen LogP contribution in [0.2, 0.25) is 5.02 Å². The number of rotatable bonds is 8. The van der Waals surface area contributed by atoms with E-state index in [0.717, 1.165) is 29.0 Å². The molecule has 2 aromatic rings. The van der Waals surface area contributed by atoms with Gasteiger partial charge in [-0.3, -0.25) is 19.1 Å². The predicted molar refractivity (Wildman–Crippen MR) is 110 cm³/mol. The third-order valence-corrected chi connectivity index (χ3v) is 5.59. The SMILES string of the molecule is O=C(O)CN1CN(Cc2nc3cc(Cl)ccc3n2CCCCF)C2CN=CC=C21. The lowest BCUT2D eigenvalue weighted by atomic mass is 10.1. The molecule has 1 aromatic heterocycles. The number of dihydropyridines is 1. The highest BCUT2D eigenvalue weighted by molar-refractivity contribution is 6.31. The minimum Gasteiger partial charge on any atom is -0.480 e. The van der Waals surface area contributed by atoms with Crippen LogP contribution in [0.5, 0.6) is 0 Å². The van der Waals surface area contributed by atoms with Crippen molar-refractivity contribution in [3.8, 4) is 0 Å². The molecule has 3 heterocycles. The third kappa shape index (κ3) is 4.13. The maximum absolute atomic E-state index is 12.6. The smallest absolute Gasteiger partial charge is 0.323 e. The monoisotopic (exact) mass is 419 g/mol. The highest BCUT2D eigenvalue weighted by Crippen LogP contribution is 2.29.